The summed E-state index contributed by atoms with van der Waals surface area (Å²) in [7, 11) is 0. The number of aromatic nitrogens is 1. The molecular weight excluding hydrogens is 345 g/mol. The van der Waals surface area contributed by atoms with Gasteiger partial charge in [0.25, 0.3) is 0 Å². The highest BCUT2D eigenvalue weighted by molar-refractivity contribution is 7.22. The minimum absolute atomic E-state index is 0.0965. The number of ether oxygens (including phenoxy) is 2. The zero-order valence-corrected chi connectivity index (χ0v) is 13.3. The van der Waals surface area contributed by atoms with Crippen molar-refractivity contribution in [2.45, 2.75) is 31.5 Å². The Morgan fingerprint density at radius 2 is 2.00 bits per heavy atom. The molecule has 3 N–H and O–H groups in total. The number of rotatable bonds is 2. The van der Waals surface area contributed by atoms with Gasteiger partial charge in [-0.15, -0.1) is 0 Å². The van der Waals surface area contributed by atoms with E-state index in [-0.39, 0.29) is 29.1 Å². The highest BCUT2D eigenvalue weighted by Crippen LogP contribution is 2.61. The first-order chi connectivity index (χ1) is 11.3. The number of alkyl halides is 3. The monoisotopic (exact) mass is 360 g/mol. The number of benzene rings is 1. The van der Waals surface area contributed by atoms with Crippen molar-refractivity contribution in [3.63, 3.8) is 0 Å². The number of aliphatic hydroxyl groups is 1. The molecule has 1 unspecified atom stereocenters. The molecule has 130 valence electrons. The minimum atomic E-state index is -4.49. The molecule has 9 heteroatoms. The summed E-state index contributed by atoms with van der Waals surface area (Å²) in [4.78, 5) is 4.13. The van der Waals surface area contributed by atoms with E-state index >= 15 is 0 Å². The largest absolute Gasteiger partial charge is 0.486 e. The van der Waals surface area contributed by atoms with E-state index in [0.29, 0.717) is 35.8 Å². The summed E-state index contributed by atoms with van der Waals surface area (Å²) in [6.07, 6.45) is -5.98. The summed E-state index contributed by atoms with van der Waals surface area (Å²) in [5.41, 5.74) is 3.96. The first-order valence-corrected chi connectivity index (χ1v) is 8.38. The summed E-state index contributed by atoms with van der Waals surface area (Å²) in [5, 5.41) is 10.8. The highest BCUT2D eigenvalue weighted by Gasteiger charge is 2.63. The van der Waals surface area contributed by atoms with Crippen LogP contribution in [0.15, 0.2) is 6.07 Å². The lowest BCUT2D eigenvalue weighted by molar-refractivity contribution is -0.284. The molecular formula is C15H15F3N2O3S. The number of hydrogen-bond acceptors (Lipinski definition) is 6. The third-order valence-corrected chi connectivity index (χ3v) is 5.73. The van der Waals surface area contributed by atoms with Crippen molar-refractivity contribution >= 4 is 26.7 Å². The van der Waals surface area contributed by atoms with Gasteiger partial charge in [0.05, 0.1) is 17.0 Å². The van der Waals surface area contributed by atoms with Crippen molar-refractivity contribution in [3.8, 4) is 11.5 Å². The molecule has 1 saturated carbocycles. The standard InChI is InChI=1S/C15H15F3N2O3S/c16-15(17,18)14(2-1-3-14)12(21)7-6-8-10(23-5-4-22-8)11-9(7)20-13(19)24-11/h6,12,21H,1-5H2,(H2,19,20). The zero-order chi connectivity index (χ0) is 17.1. The van der Waals surface area contributed by atoms with E-state index in [0.717, 1.165) is 11.3 Å². The van der Waals surface area contributed by atoms with Gasteiger partial charge in [-0.05, 0) is 18.9 Å². The fraction of sp³-hybridized carbons (Fsp3) is 0.533. The van der Waals surface area contributed by atoms with Crippen LogP contribution in [0.25, 0.3) is 10.2 Å². The molecule has 0 amide bonds. The minimum Gasteiger partial charge on any atom is -0.486 e. The molecule has 1 atom stereocenters. The second kappa shape index (κ2) is 5.13. The third kappa shape index (κ3) is 2.07. The molecule has 1 aliphatic heterocycles. The number of nitrogens with zero attached hydrogens (tertiary/aromatic N) is 1. The Morgan fingerprint density at radius 3 is 2.62 bits per heavy atom. The van der Waals surface area contributed by atoms with Crippen LogP contribution in [0.5, 0.6) is 11.5 Å². The van der Waals surface area contributed by atoms with Crippen LogP contribution in [0.2, 0.25) is 0 Å². The van der Waals surface area contributed by atoms with E-state index < -0.39 is 17.7 Å². The van der Waals surface area contributed by atoms with Gasteiger partial charge in [-0.3, -0.25) is 0 Å². The van der Waals surface area contributed by atoms with Gasteiger partial charge in [0.1, 0.15) is 17.9 Å². The molecule has 0 saturated heterocycles. The first-order valence-electron chi connectivity index (χ1n) is 7.57. The topological polar surface area (TPSA) is 77.6 Å². The van der Waals surface area contributed by atoms with E-state index in [1.54, 1.807) is 0 Å². The summed E-state index contributed by atoms with van der Waals surface area (Å²) in [6.45, 7) is 0.640. The molecule has 0 radical (unpaired) electrons. The summed E-state index contributed by atoms with van der Waals surface area (Å²) < 4.78 is 52.3. The van der Waals surface area contributed by atoms with Crippen LogP contribution in [0.4, 0.5) is 18.3 Å². The maximum absolute atomic E-state index is 13.6. The van der Waals surface area contributed by atoms with Crippen LogP contribution in [0.1, 0.15) is 30.9 Å². The van der Waals surface area contributed by atoms with Crippen molar-refractivity contribution in [3.05, 3.63) is 11.6 Å². The highest BCUT2D eigenvalue weighted by atomic mass is 32.1. The Bertz CT molecular complexity index is 801. The Kier molecular flexibility index (Phi) is 3.37. The molecule has 5 nitrogen and oxygen atoms in total. The SMILES string of the molecule is Nc1nc2c(C(O)C3(C(F)(F)F)CCC3)cc3c(c2s1)OCCO3. The average molecular weight is 360 g/mol. The third-order valence-electron chi connectivity index (χ3n) is 4.85. The van der Waals surface area contributed by atoms with Crippen molar-refractivity contribution < 1.29 is 27.8 Å². The van der Waals surface area contributed by atoms with Gasteiger partial charge in [0.15, 0.2) is 16.6 Å². The van der Waals surface area contributed by atoms with Gasteiger partial charge >= 0.3 is 6.18 Å². The van der Waals surface area contributed by atoms with Crippen molar-refractivity contribution in [1.82, 2.24) is 4.98 Å². The van der Waals surface area contributed by atoms with Gasteiger partial charge in [-0.25, -0.2) is 4.98 Å². The van der Waals surface area contributed by atoms with E-state index in [1.807, 2.05) is 0 Å². The van der Waals surface area contributed by atoms with Gasteiger partial charge < -0.3 is 20.3 Å². The second-order valence-electron chi connectivity index (χ2n) is 6.13. The summed E-state index contributed by atoms with van der Waals surface area (Å²) >= 11 is 1.11. The number of anilines is 1. The number of aliphatic hydroxyl groups excluding tert-OH is 1. The maximum atomic E-state index is 13.6. The summed E-state index contributed by atoms with van der Waals surface area (Å²) in [5.74, 6) is 0.749. The Hall–Kier alpha value is -1.74. The number of nitrogen functional groups attached to an aromatic ring is 1. The van der Waals surface area contributed by atoms with Gasteiger partial charge in [0, 0.05) is 5.56 Å². The second-order valence-corrected chi connectivity index (χ2v) is 7.16. The van der Waals surface area contributed by atoms with Crippen molar-refractivity contribution in [2.24, 2.45) is 5.41 Å². The molecule has 1 aromatic carbocycles. The van der Waals surface area contributed by atoms with Crippen LogP contribution < -0.4 is 15.2 Å². The van der Waals surface area contributed by atoms with Crippen molar-refractivity contribution in [2.75, 3.05) is 18.9 Å². The Morgan fingerprint density at radius 1 is 1.29 bits per heavy atom. The zero-order valence-electron chi connectivity index (χ0n) is 12.5. The summed E-state index contributed by atoms with van der Waals surface area (Å²) in [6, 6.07) is 1.41. The normalized spacial score (nSPS) is 20.7. The molecule has 0 bridgehead atoms. The van der Waals surface area contributed by atoms with Gasteiger partial charge in [-0.2, -0.15) is 13.2 Å². The molecule has 1 aromatic heterocycles. The molecule has 0 spiro atoms. The molecule has 4 rings (SSSR count). The van der Waals surface area contributed by atoms with E-state index in [2.05, 4.69) is 4.98 Å². The van der Waals surface area contributed by atoms with Crippen LogP contribution in [0.3, 0.4) is 0 Å². The molecule has 24 heavy (non-hydrogen) atoms. The fourth-order valence-electron chi connectivity index (χ4n) is 3.39. The number of fused-ring (bicyclic) bond motifs is 3. The molecule has 1 fully saturated rings. The maximum Gasteiger partial charge on any atom is 0.397 e. The lowest BCUT2D eigenvalue weighted by Gasteiger charge is -2.46. The number of hydrogen-bond donors (Lipinski definition) is 2. The van der Waals surface area contributed by atoms with Gasteiger partial charge in [0.2, 0.25) is 0 Å². The van der Waals surface area contributed by atoms with Gasteiger partial charge in [-0.1, -0.05) is 17.8 Å². The number of nitrogens with two attached hydrogens (primary N) is 1. The van der Waals surface area contributed by atoms with Crippen molar-refractivity contribution in [1.29, 1.82) is 0 Å². The molecule has 2 heterocycles. The average Bonchev–Trinajstić information content (AvgIpc) is 2.85. The van der Waals surface area contributed by atoms with E-state index in [4.69, 9.17) is 15.2 Å². The van der Waals surface area contributed by atoms with Crippen LogP contribution in [-0.4, -0.2) is 29.5 Å². The predicted molar refractivity (Wildman–Crippen MR) is 82.3 cm³/mol. The lowest BCUT2D eigenvalue weighted by atomic mass is 9.63. The smallest absolute Gasteiger partial charge is 0.397 e. The first kappa shape index (κ1) is 15.8. The predicted octanol–water partition coefficient (Wildman–Crippen LogP) is 3.42. The van der Waals surface area contributed by atoms with Crippen LogP contribution in [-0.2, 0) is 0 Å². The van der Waals surface area contributed by atoms with E-state index in [1.165, 1.54) is 6.07 Å². The Balaban J connectivity index is 1.90. The van der Waals surface area contributed by atoms with Crippen LogP contribution >= 0.6 is 11.3 Å². The van der Waals surface area contributed by atoms with E-state index in [9.17, 15) is 18.3 Å². The Labute approximate surface area is 139 Å². The lowest BCUT2D eigenvalue weighted by Crippen LogP contribution is -2.48. The quantitative estimate of drug-likeness (QED) is 0.858. The molecule has 2 aromatic rings. The molecule has 1 aliphatic carbocycles. The number of thiazole rings is 1. The molecule has 2 aliphatic rings. The fourth-order valence-corrected chi connectivity index (χ4v) is 4.25. The van der Waals surface area contributed by atoms with Crippen LogP contribution in [0, 0.1) is 5.41 Å². The number of halogens is 3.